The number of hydrogen-bond acceptors (Lipinski definition) is 4. The average Bonchev–Trinajstić information content (AvgIpc) is 2.59. The van der Waals surface area contributed by atoms with E-state index in [1.54, 1.807) is 13.0 Å². The van der Waals surface area contributed by atoms with E-state index in [0.29, 0.717) is 25.2 Å². The third-order valence-corrected chi connectivity index (χ3v) is 4.53. The molecule has 0 bridgehead atoms. The number of hydrogen-bond donors (Lipinski definition) is 1. The number of likely N-dealkylation sites (tertiary alicyclic amines) is 1. The molecule has 1 amide bonds. The van der Waals surface area contributed by atoms with E-state index in [1.165, 1.54) is 12.5 Å². The van der Waals surface area contributed by atoms with Crippen molar-refractivity contribution in [2.75, 3.05) is 18.5 Å². The smallest absolute Gasteiger partial charge is 0.330 e. The summed E-state index contributed by atoms with van der Waals surface area (Å²) in [6, 6.07) is 8.23. The number of amides is 1. The average molecular weight is 344 g/mol. The van der Waals surface area contributed by atoms with Crippen molar-refractivity contribution in [1.29, 1.82) is 0 Å². The Balaban J connectivity index is 1.86. The highest BCUT2D eigenvalue weighted by atomic mass is 16.5. The predicted molar refractivity (Wildman–Crippen MR) is 100 cm³/mol. The van der Waals surface area contributed by atoms with Gasteiger partial charge in [0, 0.05) is 23.8 Å². The normalized spacial score (nSPS) is 20.5. The lowest BCUT2D eigenvalue weighted by Crippen LogP contribution is -2.49. The zero-order valence-corrected chi connectivity index (χ0v) is 15.3. The first kappa shape index (κ1) is 19.0. The summed E-state index contributed by atoms with van der Waals surface area (Å²) in [4.78, 5) is 25.8. The van der Waals surface area contributed by atoms with Crippen LogP contribution >= 0.6 is 0 Å². The van der Waals surface area contributed by atoms with Gasteiger partial charge in [-0.05, 0) is 63.8 Å². The van der Waals surface area contributed by atoms with E-state index >= 15 is 0 Å². The Labute approximate surface area is 150 Å². The summed E-state index contributed by atoms with van der Waals surface area (Å²) >= 11 is 0. The fourth-order valence-corrected chi connectivity index (χ4v) is 3.25. The fraction of sp³-hybridized carbons (Fsp3) is 0.500. The van der Waals surface area contributed by atoms with Crippen LogP contribution in [0.3, 0.4) is 0 Å². The van der Waals surface area contributed by atoms with Gasteiger partial charge in [0.2, 0.25) is 5.91 Å². The van der Waals surface area contributed by atoms with Crippen LogP contribution in [-0.2, 0) is 14.3 Å². The Morgan fingerprint density at radius 2 is 1.84 bits per heavy atom. The molecular formula is C20H28N2O3. The number of ether oxygens (including phenoxy) is 1. The molecule has 1 fully saturated rings. The highest BCUT2D eigenvalue weighted by Crippen LogP contribution is 2.22. The molecule has 1 saturated heterocycles. The van der Waals surface area contributed by atoms with Gasteiger partial charge in [-0.25, -0.2) is 4.79 Å². The molecule has 1 heterocycles. The monoisotopic (exact) mass is 344 g/mol. The number of benzene rings is 1. The van der Waals surface area contributed by atoms with E-state index in [1.807, 2.05) is 29.2 Å². The molecule has 136 valence electrons. The van der Waals surface area contributed by atoms with Crippen molar-refractivity contribution in [3.8, 4) is 0 Å². The minimum atomic E-state index is -0.347. The van der Waals surface area contributed by atoms with Crippen LogP contribution < -0.4 is 5.32 Å². The second kappa shape index (κ2) is 9.25. The van der Waals surface area contributed by atoms with E-state index in [4.69, 9.17) is 4.74 Å². The van der Waals surface area contributed by atoms with Gasteiger partial charge in [0.25, 0.3) is 0 Å². The van der Waals surface area contributed by atoms with E-state index in [0.717, 1.165) is 24.1 Å². The summed E-state index contributed by atoms with van der Waals surface area (Å²) in [5, 5.41) is 3.19. The maximum atomic E-state index is 12.5. The number of carbonyl (C=O) groups excluding carboxylic acids is 2. The summed E-state index contributed by atoms with van der Waals surface area (Å²) in [7, 11) is 0. The zero-order valence-electron chi connectivity index (χ0n) is 15.3. The molecule has 1 aliphatic heterocycles. The number of anilines is 1. The Morgan fingerprint density at radius 3 is 2.44 bits per heavy atom. The molecule has 2 unspecified atom stereocenters. The third-order valence-electron chi connectivity index (χ3n) is 4.53. The topological polar surface area (TPSA) is 58.6 Å². The standard InChI is InChI=1S/C20H28N2O3/c1-4-25-20(24)13-10-17-8-11-18(12-9-17)21-14-19(23)22-15(2)6-5-7-16(22)3/h8-13,15-16,21H,4-7,14H2,1-3H3/b13-10+. The van der Waals surface area contributed by atoms with Gasteiger partial charge < -0.3 is 15.0 Å². The van der Waals surface area contributed by atoms with E-state index in [9.17, 15) is 9.59 Å². The van der Waals surface area contributed by atoms with Crippen molar-refractivity contribution in [3.63, 3.8) is 0 Å². The van der Waals surface area contributed by atoms with Gasteiger partial charge in [-0.2, -0.15) is 0 Å². The first-order valence-electron chi connectivity index (χ1n) is 9.01. The Kier molecular flexibility index (Phi) is 7.04. The van der Waals surface area contributed by atoms with Crippen LogP contribution in [0.25, 0.3) is 6.08 Å². The van der Waals surface area contributed by atoms with Gasteiger partial charge in [0.05, 0.1) is 13.2 Å². The van der Waals surface area contributed by atoms with Crippen LogP contribution in [0, 0.1) is 0 Å². The maximum Gasteiger partial charge on any atom is 0.330 e. The summed E-state index contributed by atoms with van der Waals surface area (Å²) in [5.74, 6) is -0.203. The zero-order chi connectivity index (χ0) is 18.2. The van der Waals surface area contributed by atoms with E-state index in [-0.39, 0.29) is 11.9 Å². The molecule has 5 nitrogen and oxygen atoms in total. The third kappa shape index (κ3) is 5.62. The quantitative estimate of drug-likeness (QED) is 0.634. The Bertz CT molecular complexity index is 600. The van der Waals surface area contributed by atoms with Gasteiger partial charge in [0.1, 0.15) is 0 Å². The number of esters is 1. The SMILES string of the molecule is CCOC(=O)/C=C/c1ccc(NCC(=O)N2C(C)CCCC2C)cc1. The Morgan fingerprint density at radius 1 is 1.20 bits per heavy atom. The number of rotatable bonds is 6. The van der Waals surface area contributed by atoms with Gasteiger partial charge in [-0.1, -0.05) is 12.1 Å². The van der Waals surface area contributed by atoms with Crippen LogP contribution in [0.15, 0.2) is 30.3 Å². The van der Waals surface area contributed by atoms with Crippen molar-refractivity contribution < 1.29 is 14.3 Å². The van der Waals surface area contributed by atoms with Crippen molar-refractivity contribution >= 4 is 23.6 Å². The Hall–Kier alpha value is -2.30. The minimum Gasteiger partial charge on any atom is -0.463 e. The molecule has 0 aliphatic carbocycles. The molecule has 0 radical (unpaired) electrons. The fourth-order valence-electron chi connectivity index (χ4n) is 3.25. The van der Waals surface area contributed by atoms with Crippen molar-refractivity contribution in [2.24, 2.45) is 0 Å². The van der Waals surface area contributed by atoms with Crippen molar-refractivity contribution in [1.82, 2.24) is 4.90 Å². The minimum absolute atomic E-state index is 0.144. The molecule has 1 aliphatic rings. The summed E-state index contributed by atoms with van der Waals surface area (Å²) < 4.78 is 4.85. The van der Waals surface area contributed by atoms with Crippen molar-refractivity contribution in [2.45, 2.75) is 52.1 Å². The van der Waals surface area contributed by atoms with Crippen LogP contribution in [0.2, 0.25) is 0 Å². The molecule has 1 N–H and O–H groups in total. The van der Waals surface area contributed by atoms with Crippen LogP contribution in [-0.4, -0.2) is 42.0 Å². The highest BCUT2D eigenvalue weighted by Gasteiger charge is 2.28. The van der Waals surface area contributed by atoms with Crippen LogP contribution in [0.5, 0.6) is 0 Å². The van der Waals surface area contributed by atoms with Crippen molar-refractivity contribution in [3.05, 3.63) is 35.9 Å². The number of nitrogens with one attached hydrogen (secondary N) is 1. The van der Waals surface area contributed by atoms with Gasteiger partial charge in [-0.3, -0.25) is 4.79 Å². The molecule has 1 aromatic rings. The molecule has 2 rings (SSSR count). The second-order valence-electron chi connectivity index (χ2n) is 6.49. The van der Waals surface area contributed by atoms with Gasteiger partial charge >= 0.3 is 5.97 Å². The molecule has 0 saturated carbocycles. The van der Waals surface area contributed by atoms with Crippen LogP contribution in [0.1, 0.15) is 45.6 Å². The molecule has 25 heavy (non-hydrogen) atoms. The summed E-state index contributed by atoms with van der Waals surface area (Å²) in [5.41, 5.74) is 1.79. The lowest BCUT2D eigenvalue weighted by Gasteiger charge is -2.39. The van der Waals surface area contributed by atoms with E-state index in [2.05, 4.69) is 19.2 Å². The first-order chi connectivity index (χ1) is 12.0. The largest absolute Gasteiger partial charge is 0.463 e. The van der Waals surface area contributed by atoms with Gasteiger partial charge in [-0.15, -0.1) is 0 Å². The number of nitrogens with zero attached hydrogens (tertiary/aromatic N) is 1. The maximum absolute atomic E-state index is 12.5. The highest BCUT2D eigenvalue weighted by molar-refractivity contribution is 5.87. The number of carbonyl (C=O) groups is 2. The lowest BCUT2D eigenvalue weighted by atomic mass is 9.97. The molecule has 0 aromatic heterocycles. The predicted octanol–water partition coefficient (Wildman–Crippen LogP) is 3.46. The molecule has 0 spiro atoms. The van der Waals surface area contributed by atoms with Gasteiger partial charge in [0.15, 0.2) is 0 Å². The van der Waals surface area contributed by atoms with E-state index < -0.39 is 0 Å². The lowest BCUT2D eigenvalue weighted by molar-refractivity contribution is -0.137. The second-order valence-corrected chi connectivity index (χ2v) is 6.49. The molecule has 5 heteroatoms. The summed E-state index contributed by atoms with van der Waals surface area (Å²) in [6.45, 7) is 6.69. The molecular weight excluding hydrogens is 316 g/mol. The van der Waals surface area contributed by atoms with Crippen LogP contribution in [0.4, 0.5) is 5.69 Å². The summed E-state index contributed by atoms with van der Waals surface area (Å²) in [6.07, 6.45) is 6.48. The first-order valence-corrected chi connectivity index (χ1v) is 9.01. The molecule has 2 atom stereocenters. The molecule has 1 aromatic carbocycles. The number of piperidine rings is 1.